The van der Waals surface area contributed by atoms with Crippen molar-refractivity contribution in [1.29, 1.82) is 0 Å². The topological polar surface area (TPSA) is 59.0 Å². The molecular formula is C22H24N4O. The molecule has 1 fully saturated rings. The highest BCUT2D eigenvalue weighted by molar-refractivity contribution is 5.82. The molecule has 0 aliphatic carbocycles. The number of nitrogens with one attached hydrogen (secondary N) is 2. The van der Waals surface area contributed by atoms with Gasteiger partial charge in [0.2, 0.25) is 5.91 Å². The second-order valence-electron chi connectivity index (χ2n) is 6.92. The summed E-state index contributed by atoms with van der Waals surface area (Å²) in [4.78, 5) is 12.4. The summed E-state index contributed by atoms with van der Waals surface area (Å²) >= 11 is 0. The number of benzene rings is 2. The molecule has 2 heterocycles. The summed E-state index contributed by atoms with van der Waals surface area (Å²) in [6.07, 6.45) is 4.00. The largest absolute Gasteiger partial charge is 0.351 e. The van der Waals surface area contributed by atoms with Crippen molar-refractivity contribution in [1.82, 2.24) is 20.4 Å². The van der Waals surface area contributed by atoms with E-state index < -0.39 is 0 Å². The number of aromatic nitrogens is 2. The van der Waals surface area contributed by atoms with Crippen LogP contribution < -0.4 is 10.6 Å². The lowest BCUT2D eigenvalue weighted by molar-refractivity contribution is -0.122. The van der Waals surface area contributed by atoms with Gasteiger partial charge in [-0.15, -0.1) is 0 Å². The van der Waals surface area contributed by atoms with Crippen molar-refractivity contribution in [3.63, 3.8) is 0 Å². The Morgan fingerprint density at radius 2 is 1.85 bits per heavy atom. The first kappa shape index (κ1) is 17.5. The SMILES string of the molecule is O=C(NCc1cn(Cc2ccccc2)nc1-c1ccccc1)C1CCCN1. The first-order chi connectivity index (χ1) is 13.3. The number of hydrogen-bond donors (Lipinski definition) is 2. The average Bonchev–Trinajstić information content (AvgIpc) is 3.38. The molecule has 1 unspecified atom stereocenters. The van der Waals surface area contributed by atoms with Crippen LogP contribution in [0, 0.1) is 0 Å². The van der Waals surface area contributed by atoms with Crippen LogP contribution in [0.25, 0.3) is 11.3 Å². The molecule has 2 aromatic carbocycles. The van der Waals surface area contributed by atoms with Gasteiger partial charge in [0, 0.05) is 23.9 Å². The van der Waals surface area contributed by atoms with E-state index in [1.165, 1.54) is 5.56 Å². The predicted octanol–water partition coefficient (Wildman–Crippen LogP) is 2.97. The van der Waals surface area contributed by atoms with E-state index in [2.05, 4.69) is 34.9 Å². The minimum absolute atomic E-state index is 0.0652. The van der Waals surface area contributed by atoms with Crippen LogP contribution in [0.15, 0.2) is 66.9 Å². The van der Waals surface area contributed by atoms with E-state index in [9.17, 15) is 4.79 Å². The molecule has 1 aliphatic heterocycles. The third-order valence-corrected chi connectivity index (χ3v) is 4.90. The maximum absolute atomic E-state index is 12.4. The molecule has 1 aliphatic rings. The number of hydrogen-bond acceptors (Lipinski definition) is 3. The zero-order valence-corrected chi connectivity index (χ0v) is 15.3. The van der Waals surface area contributed by atoms with Gasteiger partial charge in [-0.2, -0.15) is 5.10 Å². The highest BCUT2D eigenvalue weighted by atomic mass is 16.2. The fourth-order valence-electron chi connectivity index (χ4n) is 3.50. The molecule has 1 aromatic heterocycles. The summed E-state index contributed by atoms with van der Waals surface area (Å²) in [6.45, 7) is 2.11. The first-order valence-corrected chi connectivity index (χ1v) is 9.46. The molecule has 1 amide bonds. The van der Waals surface area contributed by atoms with Crippen LogP contribution >= 0.6 is 0 Å². The van der Waals surface area contributed by atoms with Crippen molar-refractivity contribution in [2.75, 3.05) is 6.54 Å². The lowest BCUT2D eigenvalue weighted by atomic mass is 10.1. The summed E-state index contributed by atoms with van der Waals surface area (Å²) in [5, 5.41) is 11.1. The summed E-state index contributed by atoms with van der Waals surface area (Å²) in [5.74, 6) is 0.0716. The number of nitrogens with zero attached hydrogens (tertiary/aromatic N) is 2. The Bertz CT molecular complexity index is 883. The van der Waals surface area contributed by atoms with Crippen LogP contribution in [0.3, 0.4) is 0 Å². The zero-order valence-electron chi connectivity index (χ0n) is 15.3. The molecule has 3 aromatic rings. The minimum atomic E-state index is -0.0652. The van der Waals surface area contributed by atoms with Gasteiger partial charge in [-0.05, 0) is 24.9 Å². The average molecular weight is 360 g/mol. The predicted molar refractivity (Wildman–Crippen MR) is 106 cm³/mol. The van der Waals surface area contributed by atoms with Gasteiger partial charge in [-0.25, -0.2) is 0 Å². The third kappa shape index (κ3) is 4.26. The Kier molecular flexibility index (Phi) is 5.30. The van der Waals surface area contributed by atoms with Gasteiger partial charge in [-0.1, -0.05) is 60.7 Å². The fourth-order valence-corrected chi connectivity index (χ4v) is 3.50. The molecular weight excluding hydrogens is 336 g/mol. The summed E-state index contributed by atoms with van der Waals surface area (Å²) in [6, 6.07) is 20.3. The standard InChI is InChI=1S/C22H24N4O/c27-22(20-12-7-13-23-20)24-14-19-16-26(15-17-8-3-1-4-9-17)25-21(19)18-10-5-2-6-11-18/h1-6,8-11,16,20,23H,7,12-15H2,(H,24,27). The summed E-state index contributed by atoms with van der Waals surface area (Å²) < 4.78 is 1.95. The van der Waals surface area contributed by atoms with E-state index in [-0.39, 0.29) is 11.9 Å². The van der Waals surface area contributed by atoms with Crippen molar-refractivity contribution in [3.05, 3.63) is 78.0 Å². The van der Waals surface area contributed by atoms with Gasteiger partial charge in [0.05, 0.1) is 18.3 Å². The van der Waals surface area contributed by atoms with Gasteiger partial charge in [0.1, 0.15) is 0 Å². The maximum atomic E-state index is 12.4. The smallest absolute Gasteiger partial charge is 0.237 e. The molecule has 5 nitrogen and oxygen atoms in total. The lowest BCUT2D eigenvalue weighted by Crippen LogP contribution is -2.40. The summed E-state index contributed by atoms with van der Waals surface area (Å²) in [7, 11) is 0. The van der Waals surface area contributed by atoms with Gasteiger partial charge >= 0.3 is 0 Å². The van der Waals surface area contributed by atoms with Crippen molar-refractivity contribution < 1.29 is 4.79 Å². The van der Waals surface area contributed by atoms with Crippen molar-refractivity contribution in [2.45, 2.75) is 32.0 Å². The molecule has 0 bridgehead atoms. The van der Waals surface area contributed by atoms with E-state index in [4.69, 9.17) is 5.10 Å². The molecule has 0 saturated carbocycles. The van der Waals surface area contributed by atoms with E-state index in [0.29, 0.717) is 13.1 Å². The van der Waals surface area contributed by atoms with Gasteiger partial charge < -0.3 is 10.6 Å². The molecule has 0 radical (unpaired) electrons. The molecule has 2 N–H and O–H groups in total. The normalized spacial score (nSPS) is 16.4. The Labute approximate surface area is 159 Å². The highest BCUT2D eigenvalue weighted by Crippen LogP contribution is 2.22. The van der Waals surface area contributed by atoms with Crippen LogP contribution in [0.4, 0.5) is 0 Å². The van der Waals surface area contributed by atoms with Crippen LogP contribution in [0.5, 0.6) is 0 Å². The van der Waals surface area contributed by atoms with Crippen LogP contribution in [-0.4, -0.2) is 28.3 Å². The monoisotopic (exact) mass is 360 g/mol. The van der Waals surface area contributed by atoms with E-state index >= 15 is 0 Å². The lowest BCUT2D eigenvalue weighted by Gasteiger charge is -2.11. The molecule has 27 heavy (non-hydrogen) atoms. The molecule has 1 atom stereocenters. The Balaban J connectivity index is 1.55. The Hall–Kier alpha value is -2.92. The van der Waals surface area contributed by atoms with Crippen molar-refractivity contribution in [2.24, 2.45) is 0 Å². The third-order valence-electron chi connectivity index (χ3n) is 4.90. The highest BCUT2D eigenvalue weighted by Gasteiger charge is 2.22. The van der Waals surface area contributed by atoms with Gasteiger partial charge in [0.25, 0.3) is 0 Å². The summed E-state index contributed by atoms with van der Waals surface area (Å²) in [5.41, 5.74) is 4.22. The van der Waals surface area contributed by atoms with Crippen LogP contribution in [-0.2, 0) is 17.9 Å². The van der Waals surface area contributed by atoms with E-state index in [0.717, 1.165) is 36.2 Å². The Morgan fingerprint density at radius 1 is 1.11 bits per heavy atom. The number of amides is 1. The minimum Gasteiger partial charge on any atom is -0.351 e. The molecule has 4 rings (SSSR count). The van der Waals surface area contributed by atoms with Crippen LogP contribution in [0.2, 0.25) is 0 Å². The van der Waals surface area contributed by atoms with Gasteiger partial charge in [0.15, 0.2) is 0 Å². The molecule has 0 spiro atoms. The van der Waals surface area contributed by atoms with Gasteiger partial charge in [-0.3, -0.25) is 9.48 Å². The number of carbonyl (C=O) groups excluding carboxylic acids is 1. The van der Waals surface area contributed by atoms with Crippen molar-refractivity contribution >= 4 is 5.91 Å². The quantitative estimate of drug-likeness (QED) is 0.711. The molecule has 5 heteroatoms. The second-order valence-corrected chi connectivity index (χ2v) is 6.92. The second kappa shape index (κ2) is 8.18. The first-order valence-electron chi connectivity index (χ1n) is 9.46. The number of rotatable bonds is 6. The Morgan fingerprint density at radius 3 is 2.56 bits per heavy atom. The zero-order chi connectivity index (χ0) is 18.5. The number of carbonyl (C=O) groups is 1. The molecule has 138 valence electrons. The van der Waals surface area contributed by atoms with E-state index in [1.807, 2.05) is 47.3 Å². The van der Waals surface area contributed by atoms with Crippen molar-refractivity contribution in [3.8, 4) is 11.3 Å². The van der Waals surface area contributed by atoms with Crippen LogP contribution in [0.1, 0.15) is 24.0 Å². The fraction of sp³-hybridized carbons (Fsp3) is 0.273. The molecule has 1 saturated heterocycles. The van der Waals surface area contributed by atoms with E-state index in [1.54, 1.807) is 0 Å². The maximum Gasteiger partial charge on any atom is 0.237 e.